The van der Waals surface area contributed by atoms with Crippen molar-refractivity contribution < 1.29 is 46.2 Å². The Morgan fingerprint density at radius 1 is 1.10 bits per heavy atom. The van der Waals surface area contributed by atoms with E-state index in [1.807, 2.05) is 16.8 Å². The van der Waals surface area contributed by atoms with E-state index in [0.717, 1.165) is 36.0 Å². The molecule has 48 heavy (non-hydrogen) atoms. The average molecular weight is 722 g/mol. The summed E-state index contributed by atoms with van der Waals surface area (Å²) in [5, 5.41) is 4.38. The number of imidazole rings is 1. The Bertz CT molecular complexity index is 1970. The minimum Gasteiger partial charge on any atom is -0.384 e. The maximum Gasteiger partial charge on any atom is 0.325 e. The first-order chi connectivity index (χ1) is 23.0. The summed E-state index contributed by atoms with van der Waals surface area (Å²) in [6.45, 7) is -4.33. The number of pyridine rings is 1. The Balaban J connectivity index is 1.09. The van der Waals surface area contributed by atoms with E-state index in [1.54, 1.807) is 6.20 Å². The second kappa shape index (κ2) is 12.3. The van der Waals surface area contributed by atoms with Gasteiger partial charge in [-0.15, -0.1) is 0 Å². The smallest absolute Gasteiger partial charge is 0.325 e. The molecule has 254 valence electrons. The van der Waals surface area contributed by atoms with Crippen molar-refractivity contribution in [1.82, 2.24) is 29.1 Å². The highest BCUT2D eigenvalue weighted by Crippen LogP contribution is 2.54. The molecule has 4 unspecified atom stereocenters. The van der Waals surface area contributed by atoms with Gasteiger partial charge < -0.3 is 48.3 Å². The van der Waals surface area contributed by atoms with Gasteiger partial charge in [0.1, 0.15) is 48.0 Å². The summed E-state index contributed by atoms with van der Waals surface area (Å²) < 4.78 is 74.0. The minimum absolute atomic E-state index is 0.0840. The second-order valence-electron chi connectivity index (χ2n) is 11.7. The highest BCUT2D eigenvalue weighted by atomic mass is 32.5. The zero-order chi connectivity index (χ0) is 33.4. The predicted molar refractivity (Wildman–Crippen MR) is 171 cm³/mol. The first kappa shape index (κ1) is 32.6. The van der Waals surface area contributed by atoms with Crippen molar-refractivity contribution in [3.8, 4) is 0 Å². The van der Waals surface area contributed by atoms with Crippen molar-refractivity contribution >= 4 is 67.3 Å². The van der Waals surface area contributed by atoms with Crippen LogP contribution in [0.5, 0.6) is 0 Å². The number of hydrogen-bond donors (Lipinski definition) is 3. The molecule has 3 saturated heterocycles. The third kappa shape index (κ3) is 5.66. The molecular formula is C26H30BFN8O9P2S. The summed E-state index contributed by atoms with van der Waals surface area (Å²) in [4.78, 5) is 27.9. The number of alkyl halides is 1. The summed E-state index contributed by atoms with van der Waals surface area (Å²) in [6, 6.07) is 1.91. The standard InChI is InChI=1S/C26H30BFN8O9P2S/c1-39-21-20-15(43-26(21)35-7-12-3-2-5-30-13-4-6-31-23(35)16(12)13)9-41-47(38,48)45-19-14(8-40-46(27,37)44-20)42-25(17(19)28)36-11-34-18-22(29)32-10-33-24(18)36/h4,6-7,10-11,14-15,17,19-21,25-26,30H,2-3,5,8-9H2,1H3,(H,38,48)(H2,29,32,33)/t14-,15-,17?,19+,20?,21+,25-,26-,46?,47?/m1/s1. The van der Waals surface area contributed by atoms with Crippen LogP contribution >= 0.6 is 14.2 Å². The number of nitrogens with one attached hydrogen (secondary N) is 1. The topological polar surface area (TPSA) is 201 Å². The van der Waals surface area contributed by atoms with Gasteiger partial charge in [-0.2, -0.15) is 0 Å². The van der Waals surface area contributed by atoms with Crippen LogP contribution in [0.1, 0.15) is 24.4 Å². The van der Waals surface area contributed by atoms with Crippen LogP contribution in [-0.2, 0) is 55.1 Å². The van der Waals surface area contributed by atoms with Crippen LogP contribution in [0.2, 0.25) is 0 Å². The fourth-order valence-electron chi connectivity index (χ4n) is 6.70. The summed E-state index contributed by atoms with van der Waals surface area (Å²) in [5.41, 5.74) is 8.95. The molecule has 22 heteroatoms. The summed E-state index contributed by atoms with van der Waals surface area (Å²) in [7, 11) is 3.14. The number of nitrogen functional groups attached to an aromatic ring is 1. The van der Waals surface area contributed by atoms with E-state index in [2.05, 4.69) is 25.3 Å². The van der Waals surface area contributed by atoms with Crippen molar-refractivity contribution in [2.75, 3.05) is 37.9 Å². The van der Waals surface area contributed by atoms with Gasteiger partial charge in [0, 0.05) is 37.1 Å². The van der Waals surface area contributed by atoms with E-state index < -0.39 is 76.6 Å². The molecule has 0 amide bonds. The molecular weight excluding hydrogens is 692 g/mol. The number of hydrogen-bond acceptors (Lipinski definition) is 15. The van der Waals surface area contributed by atoms with Crippen molar-refractivity contribution in [3.63, 3.8) is 0 Å². The Hall–Kier alpha value is -2.61. The Kier molecular flexibility index (Phi) is 8.36. The molecule has 4 N–H and O–H groups in total. The SMILES string of the molecule is [B]P1(=O)OC[C@H]2O[C@@H](n3cnc4c(N)ncnc43)C(F)[C@H]2OP(O)(=S)OC[C@H]2O[C@@H](n3cc4c5c(ccnc53)NCCC4)[C@@H](OC)C2O1. The Labute approximate surface area is 278 Å². The minimum atomic E-state index is -4.40. The van der Waals surface area contributed by atoms with Crippen molar-refractivity contribution in [3.05, 3.63) is 36.7 Å². The van der Waals surface area contributed by atoms with E-state index in [1.165, 1.54) is 24.3 Å². The van der Waals surface area contributed by atoms with E-state index >= 15 is 4.39 Å². The van der Waals surface area contributed by atoms with Crippen LogP contribution in [0.4, 0.5) is 15.9 Å². The molecule has 0 aromatic carbocycles. The third-order valence-corrected chi connectivity index (χ3v) is 11.4. The quantitative estimate of drug-likeness (QED) is 0.205. The van der Waals surface area contributed by atoms with Crippen molar-refractivity contribution in [2.24, 2.45) is 0 Å². The first-order valence-corrected chi connectivity index (χ1v) is 19.2. The number of ether oxygens (including phenoxy) is 3. The first-order valence-electron chi connectivity index (χ1n) is 15.0. The lowest BCUT2D eigenvalue weighted by Gasteiger charge is -2.30. The predicted octanol–water partition coefficient (Wildman–Crippen LogP) is 2.27. The van der Waals surface area contributed by atoms with E-state index in [9.17, 15) is 9.46 Å². The summed E-state index contributed by atoms with van der Waals surface area (Å²) in [5.74, 6) is 0.0840. The van der Waals surface area contributed by atoms with Gasteiger partial charge in [-0.3, -0.25) is 13.7 Å². The molecule has 4 aromatic heterocycles. The van der Waals surface area contributed by atoms with Gasteiger partial charge >= 0.3 is 6.72 Å². The maximum atomic E-state index is 16.1. The number of methoxy groups -OCH3 is 1. The lowest BCUT2D eigenvalue weighted by molar-refractivity contribution is -0.0600. The number of anilines is 2. The van der Waals surface area contributed by atoms with Crippen LogP contribution in [0.25, 0.3) is 22.2 Å². The van der Waals surface area contributed by atoms with Gasteiger partial charge in [0.05, 0.1) is 19.5 Å². The molecule has 0 bridgehead atoms. The second-order valence-corrected chi connectivity index (χ2v) is 16.1. The number of aryl methyl sites for hydroxylation is 1. The fraction of sp³-hybridized carbons (Fsp3) is 0.538. The monoisotopic (exact) mass is 722 g/mol. The number of halogens is 1. The zero-order valence-electron chi connectivity index (χ0n) is 25.3. The Morgan fingerprint density at radius 2 is 1.90 bits per heavy atom. The number of nitrogens with two attached hydrogens (primary N) is 1. The summed E-state index contributed by atoms with van der Waals surface area (Å²) in [6.07, 6.45) is -2.26. The average Bonchev–Trinajstić information content (AvgIpc) is 3.77. The van der Waals surface area contributed by atoms with Crippen molar-refractivity contribution in [1.29, 1.82) is 0 Å². The van der Waals surface area contributed by atoms with Crippen LogP contribution in [-0.4, -0.2) is 105 Å². The lowest BCUT2D eigenvalue weighted by atomic mass is 10.1. The van der Waals surface area contributed by atoms with Gasteiger partial charge in [0.25, 0.3) is 7.47 Å². The number of aromatic nitrogens is 6. The van der Waals surface area contributed by atoms with Crippen LogP contribution in [0.3, 0.4) is 0 Å². The molecule has 4 aliphatic heterocycles. The van der Waals surface area contributed by atoms with Crippen LogP contribution in [0, 0.1) is 0 Å². The highest BCUT2D eigenvalue weighted by molar-refractivity contribution is 8.07. The van der Waals surface area contributed by atoms with Crippen LogP contribution in [0.15, 0.2) is 31.1 Å². The molecule has 8 rings (SSSR count). The largest absolute Gasteiger partial charge is 0.384 e. The zero-order valence-corrected chi connectivity index (χ0v) is 27.9. The highest BCUT2D eigenvalue weighted by Gasteiger charge is 2.53. The lowest BCUT2D eigenvalue weighted by Crippen LogP contribution is -2.39. The van der Waals surface area contributed by atoms with Crippen molar-refractivity contribution in [2.45, 2.75) is 62.0 Å². The molecule has 0 aliphatic carbocycles. The molecule has 3 fully saturated rings. The van der Waals surface area contributed by atoms with Crippen LogP contribution < -0.4 is 11.1 Å². The molecule has 4 aromatic rings. The van der Waals surface area contributed by atoms with Gasteiger partial charge in [-0.05, 0) is 36.3 Å². The molecule has 4 aliphatic rings. The molecule has 10 atom stereocenters. The van der Waals surface area contributed by atoms with Gasteiger partial charge in [-0.25, -0.2) is 24.3 Å². The maximum absolute atomic E-state index is 16.1. The molecule has 2 radical (unpaired) electrons. The molecule has 0 saturated carbocycles. The third-order valence-electron chi connectivity index (χ3n) is 8.83. The number of nitrogens with zero attached hydrogens (tertiary/aromatic N) is 6. The van der Waals surface area contributed by atoms with Gasteiger partial charge in [0.2, 0.25) is 7.57 Å². The normalized spacial score (nSPS) is 37.3. The molecule has 8 heterocycles. The molecule has 0 spiro atoms. The number of fused-ring (bicyclic) bond motifs is 3. The van der Waals surface area contributed by atoms with E-state index in [4.69, 9.17) is 57.4 Å². The molecule has 17 nitrogen and oxygen atoms in total. The van der Waals surface area contributed by atoms with Gasteiger partial charge in [0.15, 0.2) is 30.1 Å². The summed E-state index contributed by atoms with van der Waals surface area (Å²) >= 11 is 5.31. The Morgan fingerprint density at radius 3 is 2.73 bits per heavy atom. The fourth-order valence-corrected chi connectivity index (χ4v) is 9.14. The van der Waals surface area contributed by atoms with E-state index in [-0.39, 0.29) is 17.0 Å². The van der Waals surface area contributed by atoms with E-state index in [0.29, 0.717) is 5.65 Å². The van der Waals surface area contributed by atoms with Gasteiger partial charge in [-0.1, -0.05) is 0 Å². The number of rotatable bonds is 3.